The van der Waals surface area contributed by atoms with Gasteiger partial charge in [0.05, 0.1) is 48.8 Å². The summed E-state index contributed by atoms with van der Waals surface area (Å²) in [6.45, 7) is 15.6. The van der Waals surface area contributed by atoms with Gasteiger partial charge in [-0.3, -0.25) is 29.6 Å². The summed E-state index contributed by atoms with van der Waals surface area (Å²) in [6.07, 6.45) is 7.44. The maximum Gasteiger partial charge on any atom is 0.257 e. The number of hydrogen-bond acceptors (Lipinski definition) is 6. The molecule has 0 aliphatic carbocycles. The Morgan fingerprint density at radius 1 is 0.557 bits per heavy atom. The summed E-state index contributed by atoms with van der Waals surface area (Å²) in [5, 5.41) is 15.3. The molecule has 0 saturated carbocycles. The average Bonchev–Trinajstić information content (AvgIpc) is 4.01. The molecule has 61 heavy (non-hydrogen) atoms. The van der Waals surface area contributed by atoms with Crippen molar-refractivity contribution < 1.29 is 9.59 Å². The lowest BCUT2D eigenvalue weighted by Gasteiger charge is -2.14. The van der Waals surface area contributed by atoms with Gasteiger partial charge in [0.1, 0.15) is 0 Å². The molecule has 4 aromatic carbocycles. The van der Waals surface area contributed by atoms with Gasteiger partial charge in [-0.1, -0.05) is 36.4 Å². The number of imidazole rings is 2. The topological polar surface area (TPSA) is 129 Å². The fourth-order valence-electron chi connectivity index (χ4n) is 7.92. The predicted molar refractivity (Wildman–Crippen MR) is 241 cm³/mol. The molecule has 8 rings (SSSR count). The predicted octanol–water partition coefficient (Wildman–Crippen LogP) is 9.31. The van der Waals surface area contributed by atoms with Crippen molar-refractivity contribution in [3.8, 4) is 33.6 Å². The Kier molecular flexibility index (Phi) is 10.9. The van der Waals surface area contributed by atoms with Gasteiger partial charge in [-0.05, 0) is 135 Å². The largest absolute Gasteiger partial charge is 0.313 e. The van der Waals surface area contributed by atoms with E-state index in [9.17, 15) is 9.59 Å². The molecule has 0 aliphatic heterocycles. The van der Waals surface area contributed by atoms with Crippen molar-refractivity contribution in [1.82, 2.24) is 38.7 Å². The second-order valence-corrected chi connectivity index (χ2v) is 16.1. The van der Waals surface area contributed by atoms with E-state index in [2.05, 4.69) is 91.5 Å². The summed E-state index contributed by atoms with van der Waals surface area (Å²) in [6, 6.07) is 25.9. The molecule has 0 unspecified atom stereocenters. The first-order chi connectivity index (χ1) is 29.2. The van der Waals surface area contributed by atoms with E-state index in [1.165, 1.54) is 11.1 Å². The Labute approximate surface area is 355 Å². The third-order valence-electron chi connectivity index (χ3n) is 11.6. The smallest absolute Gasteiger partial charge is 0.257 e. The van der Waals surface area contributed by atoms with E-state index in [1.807, 2.05) is 107 Å². The van der Waals surface area contributed by atoms with Crippen LogP contribution >= 0.6 is 0 Å². The summed E-state index contributed by atoms with van der Waals surface area (Å²) >= 11 is 0. The number of aryl methyl sites for hydroxylation is 6. The van der Waals surface area contributed by atoms with Crippen molar-refractivity contribution in [1.29, 1.82) is 0 Å². The van der Waals surface area contributed by atoms with Crippen molar-refractivity contribution in [2.75, 3.05) is 10.6 Å². The van der Waals surface area contributed by atoms with Crippen LogP contribution in [-0.4, -0.2) is 50.5 Å². The number of carbonyl (C=O) groups excluding carboxylic acids is 2. The molecule has 4 heterocycles. The number of carbonyl (C=O) groups is 2. The van der Waals surface area contributed by atoms with Crippen LogP contribution in [0.15, 0.2) is 104 Å². The van der Waals surface area contributed by atoms with Gasteiger partial charge in [0.15, 0.2) is 0 Å². The SMILES string of the molecule is Cc1ccn(Cc2cccc(C(=O)Nc3ncc(-c4cc(C)c(-c5cnn(Cc6cccc(C(=O)Nc7ncc(-c8cc(C)c(C)cc8C)n7C)c6)c5C)cc4C)n3C)c2)n1. The summed E-state index contributed by atoms with van der Waals surface area (Å²) in [7, 11) is 3.83. The minimum absolute atomic E-state index is 0.229. The van der Waals surface area contributed by atoms with E-state index in [0.29, 0.717) is 36.1 Å². The Bertz CT molecular complexity index is 2980. The minimum atomic E-state index is -0.230. The van der Waals surface area contributed by atoms with Gasteiger partial charge in [-0.2, -0.15) is 10.2 Å². The van der Waals surface area contributed by atoms with Gasteiger partial charge in [-0.25, -0.2) is 9.97 Å². The fraction of sp³-hybridized carbons (Fsp3) is 0.224. The van der Waals surface area contributed by atoms with E-state index < -0.39 is 0 Å². The summed E-state index contributed by atoms with van der Waals surface area (Å²) in [4.78, 5) is 36.0. The monoisotopic (exact) mass is 810 g/mol. The number of benzene rings is 4. The average molecular weight is 811 g/mol. The third-order valence-corrected chi connectivity index (χ3v) is 11.6. The second-order valence-electron chi connectivity index (χ2n) is 16.1. The quantitative estimate of drug-likeness (QED) is 0.134. The lowest BCUT2D eigenvalue weighted by atomic mass is 9.94. The van der Waals surface area contributed by atoms with Crippen LogP contribution < -0.4 is 10.6 Å². The molecule has 12 nitrogen and oxygen atoms in total. The number of anilines is 2. The van der Waals surface area contributed by atoms with E-state index >= 15 is 0 Å². The highest BCUT2D eigenvalue weighted by Crippen LogP contribution is 2.34. The fourth-order valence-corrected chi connectivity index (χ4v) is 7.92. The van der Waals surface area contributed by atoms with Gasteiger partial charge in [0.2, 0.25) is 11.9 Å². The zero-order valence-corrected chi connectivity index (χ0v) is 36.1. The van der Waals surface area contributed by atoms with Crippen molar-refractivity contribution in [2.24, 2.45) is 14.1 Å². The molecule has 2 amide bonds. The Morgan fingerprint density at radius 2 is 1.07 bits per heavy atom. The van der Waals surface area contributed by atoms with Crippen molar-refractivity contribution in [3.05, 3.63) is 165 Å². The standard InChI is InChI=1S/C49H50N10O2/c1-29-18-31(3)41(19-30(29)2)44-25-50-48(56(44)8)54-47(61)39-15-11-13-37(23-39)28-59-35(7)43(24-52-59)40-20-33(5)42(21-32(40)4)45-26-51-49(57(45)9)53-46(60)38-14-10-12-36(22-38)27-58-17-16-34(6)55-58/h10-26H,27-28H2,1-9H3,(H,50,54,61)(H,51,53,60). The summed E-state index contributed by atoms with van der Waals surface area (Å²) < 4.78 is 7.66. The number of hydrogen-bond donors (Lipinski definition) is 2. The van der Waals surface area contributed by atoms with E-state index in [1.54, 1.807) is 12.3 Å². The van der Waals surface area contributed by atoms with Crippen LogP contribution in [0, 0.1) is 48.5 Å². The number of nitrogens with one attached hydrogen (secondary N) is 2. The molecule has 0 saturated heterocycles. The van der Waals surface area contributed by atoms with Crippen LogP contribution in [0.1, 0.15) is 71.0 Å². The van der Waals surface area contributed by atoms with Crippen molar-refractivity contribution >= 4 is 23.7 Å². The van der Waals surface area contributed by atoms with E-state index in [-0.39, 0.29) is 11.8 Å². The molecule has 0 radical (unpaired) electrons. The molecule has 0 spiro atoms. The molecular formula is C49H50N10O2. The van der Waals surface area contributed by atoms with Crippen LogP contribution in [0.3, 0.4) is 0 Å². The third kappa shape index (κ3) is 8.16. The minimum Gasteiger partial charge on any atom is -0.313 e. The number of amides is 2. The molecule has 8 aromatic rings. The van der Waals surface area contributed by atoms with Gasteiger partial charge < -0.3 is 9.13 Å². The molecule has 0 bridgehead atoms. The van der Waals surface area contributed by atoms with Crippen molar-refractivity contribution in [3.63, 3.8) is 0 Å². The van der Waals surface area contributed by atoms with Crippen LogP contribution in [0.4, 0.5) is 11.9 Å². The molecule has 308 valence electrons. The van der Waals surface area contributed by atoms with Crippen LogP contribution in [0.2, 0.25) is 0 Å². The van der Waals surface area contributed by atoms with Crippen LogP contribution in [0.25, 0.3) is 33.6 Å². The Morgan fingerprint density at radius 3 is 1.64 bits per heavy atom. The van der Waals surface area contributed by atoms with E-state index in [0.717, 1.165) is 72.8 Å². The zero-order valence-electron chi connectivity index (χ0n) is 36.1. The first-order valence-corrected chi connectivity index (χ1v) is 20.3. The van der Waals surface area contributed by atoms with Crippen LogP contribution in [0.5, 0.6) is 0 Å². The van der Waals surface area contributed by atoms with Gasteiger partial charge in [0, 0.05) is 53.8 Å². The molecular weight excluding hydrogens is 761 g/mol. The molecule has 4 aromatic heterocycles. The summed E-state index contributed by atoms with van der Waals surface area (Å²) in [5.74, 6) is 0.485. The molecule has 2 N–H and O–H groups in total. The van der Waals surface area contributed by atoms with Gasteiger partial charge in [-0.15, -0.1) is 0 Å². The Hall–Kier alpha value is -7.34. The highest BCUT2D eigenvalue weighted by Gasteiger charge is 2.19. The van der Waals surface area contributed by atoms with Gasteiger partial charge in [0.25, 0.3) is 11.8 Å². The summed E-state index contributed by atoms with van der Waals surface area (Å²) in [5.41, 5.74) is 16.8. The number of rotatable bonds is 11. The number of aromatic nitrogens is 8. The Balaban J connectivity index is 0.952. The van der Waals surface area contributed by atoms with Crippen molar-refractivity contribution in [2.45, 2.75) is 61.6 Å². The molecule has 0 aliphatic rings. The highest BCUT2D eigenvalue weighted by molar-refractivity contribution is 6.04. The first kappa shape index (κ1) is 40.4. The van der Waals surface area contributed by atoms with Gasteiger partial charge >= 0.3 is 0 Å². The zero-order chi connectivity index (χ0) is 43.1. The maximum absolute atomic E-state index is 13.5. The lowest BCUT2D eigenvalue weighted by Crippen LogP contribution is -2.16. The molecule has 12 heteroatoms. The normalized spacial score (nSPS) is 11.3. The van der Waals surface area contributed by atoms with E-state index in [4.69, 9.17) is 5.10 Å². The highest BCUT2D eigenvalue weighted by atomic mass is 16.2. The molecule has 0 fully saturated rings. The number of nitrogens with zero attached hydrogens (tertiary/aromatic N) is 8. The molecule has 0 atom stereocenters. The maximum atomic E-state index is 13.5. The first-order valence-electron chi connectivity index (χ1n) is 20.3. The lowest BCUT2D eigenvalue weighted by molar-refractivity contribution is 0.101. The second kappa shape index (κ2) is 16.4. The van der Waals surface area contributed by atoms with Crippen LogP contribution in [-0.2, 0) is 27.2 Å².